The van der Waals surface area contributed by atoms with Crippen LogP contribution in [-0.2, 0) is 0 Å². The first-order chi connectivity index (χ1) is 6.27. The molecule has 0 saturated carbocycles. The molecule has 0 fully saturated rings. The fraction of sp³-hybridized carbons (Fsp3) is 0. The average molecular weight is 305 g/mol. The largest absolute Gasteiger partial charge is 0.294 e. The van der Waals surface area contributed by atoms with Gasteiger partial charge in [-0.2, -0.15) is 0 Å². The van der Waals surface area contributed by atoms with Crippen LogP contribution in [0.4, 0.5) is 0 Å². The lowest BCUT2D eigenvalue weighted by atomic mass is 10.3. The molecule has 1 aromatic carbocycles. The Morgan fingerprint density at radius 1 is 1.23 bits per heavy atom. The minimum absolute atomic E-state index is 0.749. The standard InChI is InChI=1S/C9H6ClIN2/c10-7-1-3-8(4-2-7)13-6-12-5-9(13)11/h1-6H. The number of aromatic nitrogens is 2. The molecule has 0 N–H and O–H groups in total. The summed E-state index contributed by atoms with van der Waals surface area (Å²) in [6, 6.07) is 7.66. The van der Waals surface area contributed by atoms with Gasteiger partial charge in [-0.1, -0.05) is 11.6 Å². The van der Waals surface area contributed by atoms with E-state index in [9.17, 15) is 0 Å². The summed E-state index contributed by atoms with van der Waals surface area (Å²) >= 11 is 8.02. The Hall–Kier alpha value is -0.550. The molecular formula is C9H6ClIN2. The van der Waals surface area contributed by atoms with Crippen molar-refractivity contribution in [3.8, 4) is 5.69 Å². The van der Waals surface area contributed by atoms with Crippen LogP contribution in [0.2, 0.25) is 5.02 Å². The van der Waals surface area contributed by atoms with Crippen LogP contribution in [0.5, 0.6) is 0 Å². The molecule has 4 heteroatoms. The molecule has 0 spiro atoms. The number of hydrogen-bond donors (Lipinski definition) is 0. The van der Waals surface area contributed by atoms with Gasteiger partial charge in [0.05, 0.1) is 6.20 Å². The van der Waals surface area contributed by atoms with E-state index in [1.165, 1.54) is 0 Å². The Kier molecular flexibility index (Phi) is 2.55. The second-order valence-corrected chi connectivity index (χ2v) is 4.10. The second kappa shape index (κ2) is 3.67. The molecule has 0 unspecified atom stereocenters. The van der Waals surface area contributed by atoms with E-state index < -0.39 is 0 Å². The van der Waals surface area contributed by atoms with Crippen LogP contribution in [0.1, 0.15) is 0 Å². The number of imidazole rings is 1. The molecule has 13 heavy (non-hydrogen) atoms. The summed E-state index contributed by atoms with van der Waals surface area (Å²) in [5.41, 5.74) is 1.08. The molecule has 2 aromatic rings. The Labute approximate surface area is 94.7 Å². The summed E-state index contributed by atoms with van der Waals surface area (Å²) in [6.07, 6.45) is 3.60. The van der Waals surface area contributed by atoms with Gasteiger partial charge in [-0.25, -0.2) is 4.98 Å². The van der Waals surface area contributed by atoms with Crippen LogP contribution in [-0.4, -0.2) is 9.55 Å². The third-order valence-electron chi connectivity index (χ3n) is 1.70. The SMILES string of the molecule is Clc1ccc(-n2cncc2I)cc1. The highest BCUT2D eigenvalue weighted by Gasteiger charge is 1.99. The highest BCUT2D eigenvalue weighted by Crippen LogP contribution is 2.15. The predicted molar refractivity (Wildman–Crippen MR) is 61.3 cm³/mol. The average Bonchev–Trinajstić information content (AvgIpc) is 2.53. The Bertz CT molecular complexity index is 408. The fourth-order valence-electron chi connectivity index (χ4n) is 1.07. The minimum Gasteiger partial charge on any atom is -0.294 e. The summed E-state index contributed by atoms with van der Waals surface area (Å²) in [5, 5.41) is 0.749. The third-order valence-corrected chi connectivity index (χ3v) is 2.75. The zero-order valence-corrected chi connectivity index (χ0v) is 9.53. The topological polar surface area (TPSA) is 17.8 Å². The van der Waals surface area contributed by atoms with Crippen molar-refractivity contribution in [1.82, 2.24) is 9.55 Å². The number of hydrogen-bond acceptors (Lipinski definition) is 1. The van der Waals surface area contributed by atoms with Crippen molar-refractivity contribution >= 4 is 34.2 Å². The predicted octanol–water partition coefficient (Wildman–Crippen LogP) is 3.13. The van der Waals surface area contributed by atoms with E-state index >= 15 is 0 Å². The molecule has 0 atom stereocenters. The van der Waals surface area contributed by atoms with Crippen LogP contribution in [0.15, 0.2) is 36.8 Å². The molecule has 2 rings (SSSR count). The van der Waals surface area contributed by atoms with Crippen LogP contribution in [0, 0.1) is 3.70 Å². The van der Waals surface area contributed by atoms with Gasteiger partial charge in [0.1, 0.15) is 10.0 Å². The molecule has 0 amide bonds. The van der Waals surface area contributed by atoms with Crippen molar-refractivity contribution in [2.45, 2.75) is 0 Å². The van der Waals surface area contributed by atoms with Gasteiger partial charge in [0.25, 0.3) is 0 Å². The van der Waals surface area contributed by atoms with E-state index in [1.54, 1.807) is 6.33 Å². The summed E-state index contributed by atoms with van der Waals surface area (Å²) < 4.78 is 3.08. The number of nitrogens with zero attached hydrogens (tertiary/aromatic N) is 2. The summed E-state index contributed by atoms with van der Waals surface area (Å²) in [5.74, 6) is 0. The highest BCUT2D eigenvalue weighted by molar-refractivity contribution is 14.1. The first kappa shape index (κ1) is 9.02. The number of halogens is 2. The number of rotatable bonds is 1. The molecule has 0 radical (unpaired) electrons. The third kappa shape index (κ3) is 1.86. The summed E-state index contributed by atoms with van der Waals surface area (Å²) in [4.78, 5) is 4.04. The van der Waals surface area contributed by atoms with E-state index in [-0.39, 0.29) is 0 Å². The van der Waals surface area contributed by atoms with Crippen LogP contribution in [0.3, 0.4) is 0 Å². The molecule has 0 bridgehead atoms. The Morgan fingerprint density at radius 2 is 1.92 bits per heavy atom. The lowest BCUT2D eigenvalue weighted by Gasteiger charge is -2.02. The van der Waals surface area contributed by atoms with E-state index in [2.05, 4.69) is 27.6 Å². The maximum absolute atomic E-state index is 5.79. The van der Waals surface area contributed by atoms with Gasteiger partial charge in [-0.3, -0.25) is 4.57 Å². The minimum atomic E-state index is 0.749. The highest BCUT2D eigenvalue weighted by atomic mass is 127. The van der Waals surface area contributed by atoms with Crippen molar-refractivity contribution in [1.29, 1.82) is 0 Å². The summed E-state index contributed by atoms with van der Waals surface area (Å²) in [7, 11) is 0. The van der Waals surface area contributed by atoms with Gasteiger partial charge in [0.2, 0.25) is 0 Å². The van der Waals surface area contributed by atoms with Gasteiger partial charge in [0, 0.05) is 10.7 Å². The van der Waals surface area contributed by atoms with Gasteiger partial charge in [-0.15, -0.1) is 0 Å². The number of benzene rings is 1. The van der Waals surface area contributed by atoms with Crippen molar-refractivity contribution in [2.24, 2.45) is 0 Å². The van der Waals surface area contributed by atoms with Crippen molar-refractivity contribution < 1.29 is 0 Å². The molecule has 1 heterocycles. The molecule has 0 aliphatic carbocycles. The molecular weight excluding hydrogens is 298 g/mol. The van der Waals surface area contributed by atoms with Crippen molar-refractivity contribution in [2.75, 3.05) is 0 Å². The van der Waals surface area contributed by atoms with E-state index in [0.29, 0.717) is 0 Å². The first-order valence-electron chi connectivity index (χ1n) is 3.71. The van der Waals surface area contributed by atoms with E-state index in [4.69, 9.17) is 11.6 Å². The lowest BCUT2D eigenvalue weighted by molar-refractivity contribution is 1.03. The molecule has 2 nitrogen and oxygen atoms in total. The van der Waals surface area contributed by atoms with Crippen molar-refractivity contribution in [3.63, 3.8) is 0 Å². The Balaban J connectivity index is 2.47. The van der Waals surface area contributed by atoms with E-state index in [1.807, 2.05) is 35.0 Å². The first-order valence-corrected chi connectivity index (χ1v) is 5.17. The summed E-state index contributed by atoms with van der Waals surface area (Å²) in [6.45, 7) is 0. The normalized spacial score (nSPS) is 10.3. The molecule has 1 aromatic heterocycles. The maximum Gasteiger partial charge on any atom is 0.104 e. The van der Waals surface area contributed by atoms with Crippen molar-refractivity contribution in [3.05, 3.63) is 45.5 Å². The lowest BCUT2D eigenvalue weighted by Crippen LogP contribution is -1.93. The van der Waals surface area contributed by atoms with Gasteiger partial charge in [0.15, 0.2) is 0 Å². The molecule has 66 valence electrons. The molecule has 0 aliphatic rings. The fourth-order valence-corrected chi connectivity index (χ4v) is 1.76. The van der Waals surface area contributed by atoms with Crippen LogP contribution < -0.4 is 0 Å². The second-order valence-electron chi connectivity index (χ2n) is 2.56. The molecule has 0 saturated heterocycles. The Morgan fingerprint density at radius 3 is 2.46 bits per heavy atom. The molecule has 0 aliphatic heterocycles. The monoisotopic (exact) mass is 304 g/mol. The van der Waals surface area contributed by atoms with Gasteiger partial charge in [-0.05, 0) is 46.9 Å². The van der Waals surface area contributed by atoms with Gasteiger partial charge < -0.3 is 0 Å². The van der Waals surface area contributed by atoms with E-state index in [0.717, 1.165) is 14.4 Å². The zero-order chi connectivity index (χ0) is 9.26. The van der Waals surface area contributed by atoms with Gasteiger partial charge >= 0.3 is 0 Å². The smallest absolute Gasteiger partial charge is 0.104 e. The maximum atomic E-state index is 5.79. The van der Waals surface area contributed by atoms with Crippen LogP contribution in [0.25, 0.3) is 5.69 Å². The quantitative estimate of drug-likeness (QED) is 0.740. The zero-order valence-electron chi connectivity index (χ0n) is 6.61. The van der Waals surface area contributed by atoms with Crippen LogP contribution >= 0.6 is 34.2 Å².